The summed E-state index contributed by atoms with van der Waals surface area (Å²) in [6.45, 7) is 6.43. The predicted octanol–water partition coefficient (Wildman–Crippen LogP) is 2.65. The van der Waals surface area contributed by atoms with Crippen molar-refractivity contribution < 1.29 is 23.5 Å². The number of nitrogens with one attached hydrogen (secondary N) is 1. The van der Waals surface area contributed by atoms with Crippen molar-refractivity contribution in [2.24, 2.45) is 0 Å². The lowest BCUT2D eigenvalue weighted by Crippen LogP contribution is -2.25. The molecule has 1 N–H and O–H groups in total. The molecule has 0 saturated heterocycles. The summed E-state index contributed by atoms with van der Waals surface area (Å²) in [6, 6.07) is 7.04. The van der Waals surface area contributed by atoms with E-state index in [0.29, 0.717) is 44.3 Å². The van der Waals surface area contributed by atoms with Crippen molar-refractivity contribution in [3.63, 3.8) is 0 Å². The molecule has 0 atom stereocenters. The van der Waals surface area contributed by atoms with Crippen LogP contribution in [-0.2, 0) is 16.1 Å². The van der Waals surface area contributed by atoms with Crippen molar-refractivity contribution >= 4 is 5.91 Å². The Labute approximate surface area is 153 Å². The summed E-state index contributed by atoms with van der Waals surface area (Å²) in [5, 5.41) is 6.77. The molecular weight excluding hydrogens is 336 g/mol. The van der Waals surface area contributed by atoms with Crippen molar-refractivity contribution in [1.29, 1.82) is 0 Å². The first kappa shape index (κ1) is 19.9. The highest BCUT2D eigenvalue weighted by molar-refractivity contribution is 5.94. The zero-order valence-electron chi connectivity index (χ0n) is 15.5. The van der Waals surface area contributed by atoms with Crippen LogP contribution in [0.3, 0.4) is 0 Å². The minimum Gasteiger partial charge on any atom is -0.489 e. The van der Waals surface area contributed by atoms with Crippen LogP contribution >= 0.6 is 0 Å². The Morgan fingerprint density at radius 1 is 1.15 bits per heavy atom. The number of carbonyl (C=O) groups is 1. The fourth-order valence-corrected chi connectivity index (χ4v) is 2.29. The fourth-order valence-electron chi connectivity index (χ4n) is 2.29. The molecule has 0 aliphatic heterocycles. The monoisotopic (exact) mass is 362 g/mol. The van der Waals surface area contributed by atoms with E-state index in [4.69, 9.17) is 18.7 Å². The maximum Gasteiger partial charge on any atom is 0.251 e. The lowest BCUT2D eigenvalue weighted by molar-refractivity contribution is 0.0688. The molecule has 7 nitrogen and oxygen atoms in total. The summed E-state index contributed by atoms with van der Waals surface area (Å²) in [5.74, 6) is 1.33. The number of aryl methyl sites for hydroxylation is 2. The Bertz CT molecular complexity index is 662. The molecule has 1 aromatic heterocycles. The molecular formula is C19H26N2O5. The van der Waals surface area contributed by atoms with Gasteiger partial charge in [0, 0.05) is 25.8 Å². The normalized spacial score (nSPS) is 10.7. The van der Waals surface area contributed by atoms with Gasteiger partial charge < -0.3 is 24.1 Å². The van der Waals surface area contributed by atoms with E-state index < -0.39 is 0 Å². The highest BCUT2D eigenvalue weighted by atomic mass is 16.5. The number of hydrogen-bond acceptors (Lipinski definition) is 6. The van der Waals surface area contributed by atoms with Gasteiger partial charge in [0.2, 0.25) is 0 Å². The van der Waals surface area contributed by atoms with Gasteiger partial charge in [-0.25, -0.2) is 0 Å². The topological polar surface area (TPSA) is 82.8 Å². The lowest BCUT2D eigenvalue weighted by atomic mass is 10.2. The van der Waals surface area contributed by atoms with Crippen molar-refractivity contribution in [2.75, 3.05) is 33.5 Å². The first-order valence-corrected chi connectivity index (χ1v) is 8.61. The number of rotatable bonds is 11. The number of benzene rings is 1. The number of nitrogens with zero attached hydrogens (tertiary/aromatic N) is 1. The second-order valence-electron chi connectivity index (χ2n) is 5.83. The van der Waals surface area contributed by atoms with Gasteiger partial charge >= 0.3 is 0 Å². The standard InChI is InChI=1S/C19H26N2O5/c1-14-18(15(2)26-21-14)13-25-17-7-5-16(6-8-17)19(22)20-9-4-10-24-12-11-23-3/h5-8H,4,9-13H2,1-3H3,(H,20,22). The first-order chi connectivity index (χ1) is 12.6. The lowest BCUT2D eigenvalue weighted by Gasteiger charge is -2.08. The molecule has 0 fully saturated rings. The highest BCUT2D eigenvalue weighted by Gasteiger charge is 2.10. The van der Waals surface area contributed by atoms with E-state index in [-0.39, 0.29) is 5.91 Å². The van der Waals surface area contributed by atoms with Crippen LogP contribution in [0.4, 0.5) is 0 Å². The second-order valence-corrected chi connectivity index (χ2v) is 5.83. The third kappa shape index (κ3) is 6.16. The number of ether oxygens (including phenoxy) is 3. The van der Waals surface area contributed by atoms with E-state index in [1.165, 1.54) is 0 Å². The number of aromatic nitrogens is 1. The van der Waals surface area contributed by atoms with Crippen LogP contribution in [0, 0.1) is 13.8 Å². The Balaban J connectivity index is 1.71. The van der Waals surface area contributed by atoms with Crippen LogP contribution in [0.1, 0.15) is 33.8 Å². The van der Waals surface area contributed by atoms with Crippen LogP contribution in [0.25, 0.3) is 0 Å². The molecule has 1 aromatic carbocycles. The molecule has 0 radical (unpaired) electrons. The number of methoxy groups -OCH3 is 1. The zero-order valence-corrected chi connectivity index (χ0v) is 15.5. The maximum absolute atomic E-state index is 12.1. The van der Waals surface area contributed by atoms with Crippen LogP contribution in [0.2, 0.25) is 0 Å². The average Bonchev–Trinajstić information content (AvgIpc) is 2.97. The second kappa shape index (κ2) is 10.6. The Morgan fingerprint density at radius 3 is 2.58 bits per heavy atom. The van der Waals surface area contributed by atoms with Gasteiger partial charge in [-0.1, -0.05) is 5.16 Å². The predicted molar refractivity (Wildman–Crippen MR) is 96.4 cm³/mol. The quantitative estimate of drug-likeness (QED) is 0.619. The summed E-state index contributed by atoms with van der Waals surface area (Å²) >= 11 is 0. The third-order valence-corrected chi connectivity index (χ3v) is 3.86. The molecule has 1 heterocycles. The zero-order chi connectivity index (χ0) is 18.8. The first-order valence-electron chi connectivity index (χ1n) is 8.61. The van der Waals surface area contributed by atoms with Crippen LogP contribution in [-0.4, -0.2) is 44.5 Å². The maximum atomic E-state index is 12.1. The van der Waals surface area contributed by atoms with Crippen LogP contribution in [0.15, 0.2) is 28.8 Å². The molecule has 142 valence electrons. The van der Waals surface area contributed by atoms with E-state index in [9.17, 15) is 4.79 Å². The van der Waals surface area contributed by atoms with Crippen molar-refractivity contribution in [3.8, 4) is 5.75 Å². The summed E-state index contributed by atoms with van der Waals surface area (Å²) in [6.07, 6.45) is 0.758. The number of amides is 1. The van der Waals surface area contributed by atoms with Gasteiger partial charge in [-0.05, 0) is 44.5 Å². The van der Waals surface area contributed by atoms with E-state index in [0.717, 1.165) is 23.4 Å². The minimum atomic E-state index is -0.112. The molecule has 0 spiro atoms. The summed E-state index contributed by atoms with van der Waals surface area (Å²) in [5.41, 5.74) is 2.36. The van der Waals surface area contributed by atoms with Gasteiger partial charge in [-0.15, -0.1) is 0 Å². The van der Waals surface area contributed by atoms with Gasteiger partial charge in [-0.3, -0.25) is 4.79 Å². The van der Waals surface area contributed by atoms with E-state index in [2.05, 4.69) is 10.5 Å². The Kier molecular flexibility index (Phi) is 8.11. The molecule has 0 aliphatic carbocycles. The number of hydrogen-bond donors (Lipinski definition) is 1. The molecule has 0 saturated carbocycles. The van der Waals surface area contributed by atoms with Gasteiger partial charge in [0.05, 0.1) is 24.5 Å². The number of carbonyl (C=O) groups excluding carboxylic acids is 1. The molecule has 0 bridgehead atoms. The molecule has 1 amide bonds. The van der Waals surface area contributed by atoms with E-state index in [1.54, 1.807) is 31.4 Å². The third-order valence-electron chi connectivity index (χ3n) is 3.86. The Hall–Kier alpha value is -2.38. The van der Waals surface area contributed by atoms with Crippen molar-refractivity contribution in [2.45, 2.75) is 26.9 Å². The molecule has 2 rings (SSSR count). The molecule has 7 heteroatoms. The SMILES string of the molecule is COCCOCCCNC(=O)c1ccc(OCc2c(C)noc2C)cc1. The molecule has 2 aromatic rings. The molecule has 26 heavy (non-hydrogen) atoms. The summed E-state index contributed by atoms with van der Waals surface area (Å²) in [4.78, 5) is 12.1. The van der Waals surface area contributed by atoms with Crippen molar-refractivity contribution in [1.82, 2.24) is 10.5 Å². The summed E-state index contributed by atoms with van der Waals surface area (Å²) < 4.78 is 21.1. The van der Waals surface area contributed by atoms with Crippen molar-refractivity contribution in [3.05, 3.63) is 46.8 Å². The van der Waals surface area contributed by atoms with E-state index in [1.807, 2.05) is 13.8 Å². The van der Waals surface area contributed by atoms with Gasteiger partial charge in [-0.2, -0.15) is 0 Å². The minimum absolute atomic E-state index is 0.112. The van der Waals surface area contributed by atoms with Crippen LogP contribution < -0.4 is 10.1 Å². The summed E-state index contributed by atoms with van der Waals surface area (Å²) in [7, 11) is 1.64. The molecule has 0 unspecified atom stereocenters. The average molecular weight is 362 g/mol. The van der Waals surface area contributed by atoms with E-state index >= 15 is 0 Å². The van der Waals surface area contributed by atoms with Gasteiger partial charge in [0.1, 0.15) is 18.1 Å². The van der Waals surface area contributed by atoms with Crippen LogP contribution in [0.5, 0.6) is 5.75 Å². The molecule has 0 aliphatic rings. The highest BCUT2D eigenvalue weighted by Crippen LogP contribution is 2.17. The van der Waals surface area contributed by atoms with Gasteiger partial charge in [0.15, 0.2) is 0 Å². The fraction of sp³-hybridized carbons (Fsp3) is 0.474. The largest absolute Gasteiger partial charge is 0.489 e. The van der Waals surface area contributed by atoms with Gasteiger partial charge in [0.25, 0.3) is 5.91 Å². The smallest absolute Gasteiger partial charge is 0.251 e. The Morgan fingerprint density at radius 2 is 1.92 bits per heavy atom.